The van der Waals surface area contributed by atoms with E-state index in [9.17, 15) is 19.1 Å². The Morgan fingerprint density at radius 1 is 1.40 bits per heavy atom. The first-order valence-corrected chi connectivity index (χ1v) is 11.4. The van der Waals surface area contributed by atoms with E-state index in [0.29, 0.717) is 30.5 Å². The topological polar surface area (TPSA) is 118 Å². The molecule has 0 aliphatic carbocycles. The van der Waals surface area contributed by atoms with Crippen LogP contribution >= 0.6 is 11.6 Å². The third kappa shape index (κ3) is 5.07. The molecule has 2 aliphatic heterocycles. The SMILES string of the molecule is CCOC(=O)C1=C(CN2CCOCC2C(=O)O)NC(c2nccn2C)=NC1c1cccc(F)c1Cl. The predicted octanol–water partition coefficient (Wildman–Crippen LogP) is 1.91. The van der Waals surface area contributed by atoms with Gasteiger partial charge in [-0.05, 0) is 13.0 Å². The predicted molar refractivity (Wildman–Crippen MR) is 125 cm³/mol. The summed E-state index contributed by atoms with van der Waals surface area (Å²) in [6.45, 7) is 2.51. The van der Waals surface area contributed by atoms with Crippen LogP contribution in [0.2, 0.25) is 5.02 Å². The van der Waals surface area contributed by atoms with Crippen molar-refractivity contribution in [1.82, 2.24) is 19.8 Å². The molecular weight excluding hydrogens is 481 g/mol. The van der Waals surface area contributed by atoms with Gasteiger partial charge in [0.1, 0.15) is 17.9 Å². The molecule has 10 nitrogen and oxygen atoms in total. The fourth-order valence-corrected chi connectivity index (χ4v) is 4.32. The zero-order chi connectivity index (χ0) is 25.1. The number of esters is 1. The molecule has 0 saturated carbocycles. The molecule has 1 fully saturated rings. The number of rotatable bonds is 7. The van der Waals surface area contributed by atoms with E-state index in [1.54, 1.807) is 41.9 Å². The van der Waals surface area contributed by atoms with Crippen LogP contribution in [-0.4, -0.2) is 76.3 Å². The lowest BCUT2D eigenvalue weighted by Gasteiger charge is -2.35. The molecule has 2 N–H and O–H groups in total. The van der Waals surface area contributed by atoms with Crippen molar-refractivity contribution in [3.8, 4) is 0 Å². The number of carboxylic acid groups (broad SMARTS) is 1. The summed E-state index contributed by atoms with van der Waals surface area (Å²) in [5.41, 5.74) is 0.764. The highest BCUT2D eigenvalue weighted by Gasteiger charge is 2.37. The summed E-state index contributed by atoms with van der Waals surface area (Å²) in [4.78, 5) is 35.8. The van der Waals surface area contributed by atoms with Crippen LogP contribution in [0.4, 0.5) is 4.39 Å². The number of hydrogen-bond donors (Lipinski definition) is 2. The van der Waals surface area contributed by atoms with Crippen molar-refractivity contribution in [1.29, 1.82) is 0 Å². The van der Waals surface area contributed by atoms with Crippen LogP contribution in [0, 0.1) is 5.82 Å². The van der Waals surface area contributed by atoms with Crippen LogP contribution in [0.5, 0.6) is 0 Å². The minimum atomic E-state index is -1.04. The summed E-state index contributed by atoms with van der Waals surface area (Å²) < 4.78 is 26.8. The minimum absolute atomic E-state index is 0.0107. The van der Waals surface area contributed by atoms with E-state index in [1.165, 1.54) is 12.1 Å². The largest absolute Gasteiger partial charge is 0.480 e. The number of aliphatic imine (C=N–C) groups is 1. The Kier molecular flexibility index (Phi) is 7.48. The van der Waals surface area contributed by atoms with Crippen molar-refractivity contribution in [3.05, 3.63) is 64.1 Å². The van der Waals surface area contributed by atoms with Crippen LogP contribution < -0.4 is 5.32 Å². The number of morpholine rings is 1. The first-order chi connectivity index (χ1) is 16.8. The maximum atomic E-state index is 14.4. The van der Waals surface area contributed by atoms with Gasteiger partial charge in [-0.15, -0.1) is 0 Å². The Labute approximate surface area is 206 Å². The molecule has 3 heterocycles. The molecule has 4 rings (SSSR count). The number of halogens is 2. The van der Waals surface area contributed by atoms with Gasteiger partial charge in [0, 0.05) is 43.8 Å². The van der Waals surface area contributed by atoms with Gasteiger partial charge in [0.25, 0.3) is 0 Å². The van der Waals surface area contributed by atoms with Gasteiger partial charge >= 0.3 is 11.9 Å². The smallest absolute Gasteiger partial charge is 0.338 e. The van der Waals surface area contributed by atoms with Crippen LogP contribution in [0.1, 0.15) is 24.4 Å². The molecule has 0 radical (unpaired) electrons. The van der Waals surface area contributed by atoms with Gasteiger partial charge in [-0.3, -0.25) is 14.7 Å². The standard InChI is InChI=1S/C23H25ClFN5O5/c1-3-35-23(33)17-15(11-30-9-10-34-12-16(30)22(31)32)27-20(21-26-7-8-29(21)2)28-19(17)13-5-4-6-14(25)18(13)24/h4-8,16,19H,3,9-12H2,1-2H3,(H,27,28)(H,31,32). The number of imidazole rings is 1. The molecular formula is C23H25ClFN5O5. The number of hydrogen-bond acceptors (Lipinski definition) is 8. The second-order valence-corrected chi connectivity index (χ2v) is 8.40. The average Bonchev–Trinajstić information content (AvgIpc) is 3.26. The summed E-state index contributed by atoms with van der Waals surface area (Å²) >= 11 is 6.32. The van der Waals surface area contributed by atoms with Gasteiger partial charge in [-0.2, -0.15) is 0 Å². The molecule has 2 aliphatic rings. The first-order valence-electron chi connectivity index (χ1n) is 11.0. The van der Waals surface area contributed by atoms with Gasteiger partial charge < -0.3 is 24.5 Å². The first kappa shape index (κ1) is 24.8. The number of aliphatic carboxylic acids is 1. The minimum Gasteiger partial charge on any atom is -0.480 e. The maximum absolute atomic E-state index is 14.4. The fourth-order valence-electron chi connectivity index (χ4n) is 4.09. The molecule has 2 atom stereocenters. The van der Waals surface area contributed by atoms with E-state index < -0.39 is 29.8 Å². The van der Waals surface area contributed by atoms with Crippen molar-refractivity contribution in [3.63, 3.8) is 0 Å². The van der Waals surface area contributed by atoms with E-state index in [1.807, 2.05) is 0 Å². The Bertz CT molecular complexity index is 1200. The molecule has 1 saturated heterocycles. The number of aromatic nitrogens is 2. The Hall–Kier alpha value is -3.28. The molecule has 0 bridgehead atoms. The average molecular weight is 506 g/mol. The fraction of sp³-hybridized carbons (Fsp3) is 0.391. The summed E-state index contributed by atoms with van der Waals surface area (Å²) in [6, 6.07) is 2.37. The van der Waals surface area contributed by atoms with Crippen LogP contribution in [0.3, 0.4) is 0 Å². The van der Waals surface area contributed by atoms with E-state index in [2.05, 4.69) is 10.3 Å². The zero-order valence-corrected chi connectivity index (χ0v) is 20.0. The number of benzene rings is 1. The normalized spacial score (nSPS) is 20.9. The zero-order valence-electron chi connectivity index (χ0n) is 19.2. The van der Waals surface area contributed by atoms with Gasteiger partial charge in [0.2, 0.25) is 0 Å². The van der Waals surface area contributed by atoms with Crippen LogP contribution in [0.25, 0.3) is 0 Å². The third-order valence-electron chi connectivity index (χ3n) is 5.82. The molecule has 1 aromatic heterocycles. The molecule has 1 aromatic carbocycles. The van der Waals surface area contributed by atoms with E-state index >= 15 is 0 Å². The van der Waals surface area contributed by atoms with Crippen molar-refractivity contribution in [2.24, 2.45) is 12.0 Å². The monoisotopic (exact) mass is 505 g/mol. The summed E-state index contributed by atoms with van der Waals surface area (Å²) in [5, 5.41) is 12.7. The molecule has 2 aromatic rings. The Balaban J connectivity index is 1.87. The number of aryl methyl sites for hydroxylation is 1. The Morgan fingerprint density at radius 3 is 2.89 bits per heavy atom. The van der Waals surface area contributed by atoms with Crippen molar-refractivity contribution >= 4 is 29.4 Å². The summed E-state index contributed by atoms with van der Waals surface area (Å²) in [7, 11) is 1.78. The second-order valence-electron chi connectivity index (χ2n) is 8.02. The molecule has 2 unspecified atom stereocenters. The molecule has 186 valence electrons. The highest BCUT2D eigenvalue weighted by atomic mass is 35.5. The number of carboxylic acids is 1. The van der Waals surface area contributed by atoms with Gasteiger partial charge in [-0.25, -0.2) is 14.2 Å². The van der Waals surface area contributed by atoms with E-state index in [-0.39, 0.29) is 35.9 Å². The molecule has 35 heavy (non-hydrogen) atoms. The van der Waals surface area contributed by atoms with Crippen LogP contribution in [0.15, 0.2) is 46.9 Å². The van der Waals surface area contributed by atoms with Crippen LogP contribution in [-0.2, 0) is 26.1 Å². The number of carbonyl (C=O) groups excluding carboxylic acids is 1. The van der Waals surface area contributed by atoms with Crippen molar-refractivity contribution < 1.29 is 28.6 Å². The quantitative estimate of drug-likeness (QED) is 0.548. The maximum Gasteiger partial charge on any atom is 0.338 e. The van der Waals surface area contributed by atoms with Gasteiger partial charge in [0.05, 0.1) is 30.4 Å². The van der Waals surface area contributed by atoms with Gasteiger partial charge in [0.15, 0.2) is 11.7 Å². The molecule has 12 heteroatoms. The third-order valence-corrected chi connectivity index (χ3v) is 6.21. The second kappa shape index (κ2) is 10.5. The van der Waals surface area contributed by atoms with E-state index in [4.69, 9.17) is 26.1 Å². The number of carbonyl (C=O) groups is 2. The Morgan fingerprint density at radius 2 is 2.20 bits per heavy atom. The summed E-state index contributed by atoms with van der Waals surface area (Å²) in [5.74, 6) is -1.56. The van der Waals surface area contributed by atoms with Crippen molar-refractivity contribution in [2.45, 2.75) is 19.0 Å². The molecule has 0 amide bonds. The number of nitrogens with zero attached hydrogens (tertiary/aromatic N) is 4. The lowest BCUT2D eigenvalue weighted by Crippen LogP contribution is -2.52. The van der Waals surface area contributed by atoms with Gasteiger partial charge in [-0.1, -0.05) is 23.7 Å². The van der Waals surface area contributed by atoms with E-state index in [0.717, 1.165) is 0 Å². The molecule has 0 spiro atoms. The van der Waals surface area contributed by atoms with Crippen molar-refractivity contribution in [2.75, 3.05) is 32.9 Å². The lowest BCUT2D eigenvalue weighted by atomic mass is 9.94. The number of amidine groups is 1. The highest BCUT2D eigenvalue weighted by molar-refractivity contribution is 6.31. The number of nitrogens with one attached hydrogen (secondary N) is 1. The summed E-state index contributed by atoms with van der Waals surface area (Å²) in [6.07, 6.45) is 3.33. The highest BCUT2D eigenvalue weighted by Crippen LogP contribution is 2.37. The lowest BCUT2D eigenvalue weighted by molar-refractivity contribution is -0.149. The number of ether oxygens (including phenoxy) is 2.